The third-order valence-electron chi connectivity index (χ3n) is 1.42. The number of ether oxygens (including phenoxy) is 1. The van der Waals surface area contributed by atoms with E-state index >= 15 is 0 Å². The first-order valence-corrected chi connectivity index (χ1v) is 4.59. The zero-order chi connectivity index (χ0) is 11.5. The molecule has 0 aromatic carbocycles. The van der Waals surface area contributed by atoms with Gasteiger partial charge in [0.25, 0.3) is 0 Å². The minimum Gasteiger partial charge on any atom is -0.367 e. The van der Waals surface area contributed by atoms with Crippen LogP contribution in [0.15, 0.2) is 12.1 Å². The van der Waals surface area contributed by atoms with Crippen LogP contribution in [0.5, 0.6) is 0 Å². The van der Waals surface area contributed by atoms with E-state index in [0.29, 0.717) is 5.56 Å². The van der Waals surface area contributed by atoms with Crippen LogP contribution in [-0.4, -0.2) is 17.8 Å². The zero-order valence-electron chi connectivity index (χ0n) is 7.31. The lowest BCUT2D eigenvalue weighted by atomic mass is 10.3. The lowest BCUT2D eigenvalue weighted by molar-refractivity contribution is -0.176. The van der Waals surface area contributed by atoms with E-state index in [1.54, 1.807) is 0 Å². The van der Waals surface area contributed by atoms with Crippen molar-refractivity contribution in [2.24, 2.45) is 0 Å². The lowest BCUT2D eigenvalue weighted by Gasteiger charge is -2.08. The van der Waals surface area contributed by atoms with Gasteiger partial charge in [0.2, 0.25) is 0 Å². The number of rotatable bonds is 3. The van der Waals surface area contributed by atoms with Crippen LogP contribution >= 0.6 is 23.2 Å². The van der Waals surface area contributed by atoms with E-state index in [2.05, 4.69) is 9.72 Å². The van der Waals surface area contributed by atoms with Crippen molar-refractivity contribution in [3.63, 3.8) is 0 Å². The van der Waals surface area contributed by atoms with Crippen LogP contribution in [0.1, 0.15) is 5.56 Å². The van der Waals surface area contributed by atoms with Gasteiger partial charge in [0, 0.05) is 5.56 Å². The molecule has 15 heavy (non-hydrogen) atoms. The van der Waals surface area contributed by atoms with Crippen molar-refractivity contribution in [2.75, 3.05) is 6.61 Å². The summed E-state index contributed by atoms with van der Waals surface area (Å²) < 4.78 is 39.6. The summed E-state index contributed by atoms with van der Waals surface area (Å²) in [6.07, 6.45) is -4.34. The van der Waals surface area contributed by atoms with E-state index < -0.39 is 12.8 Å². The Morgan fingerprint density at radius 1 is 1.27 bits per heavy atom. The summed E-state index contributed by atoms with van der Waals surface area (Å²) in [4.78, 5) is 3.66. The molecule has 0 saturated heterocycles. The van der Waals surface area contributed by atoms with Gasteiger partial charge in [0.15, 0.2) is 0 Å². The predicted octanol–water partition coefficient (Wildman–Crippen LogP) is 3.47. The van der Waals surface area contributed by atoms with Crippen LogP contribution in [0.3, 0.4) is 0 Å². The van der Waals surface area contributed by atoms with Crippen LogP contribution in [-0.2, 0) is 11.3 Å². The van der Waals surface area contributed by atoms with Gasteiger partial charge in [-0.1, -0.05) is 29.3 Å². The van der Waals surface area contributed by atoms with Crippen molar-refractivity contribution >= 4 is 23.2 Å². The molecule has 7 heteroatoms. The van der Waals surface area contributed by atoms with Crippen LogP contribution in [0.2, 0.25) is 10.3 Å². The molecule has 0 saturated carbocycles. The minimum absolute atomic E-state index is 0.0460. The molecule has 1 aromatic heterocycles. The Kier molecular flexibility index (Phi) is 4.19. The maximum atomic E-state index is 11.7. The number of alkyl halides is 3. The summed E-state index contributed by atoms with van der Waals surface area (Å²) in [6, 6.07) is 2.90. The van der Waals surface area contributed by atoms with Gasteiger partial charge in [-0.25, -0.2) is 4.98 Å². The van der Waals surface area contributed by atoms with Crippen LogP contribution in [0.4, 0.5) is 13.2 Å². The number of hydrogen-bond donors (Lipinski definition) is 0. The zero-order valence-corrected chi connectivity index (χ0v) is 8.83. The van der Waals surface area contributed by atoms with Gasteiger partial charge in [-0.15, -0.1) is 0 Å². The summed E-state index contributed by atoms with van der Waals surface area (Å²) >= 11 is 11.1. The molecule has 0 aliphatic rings. The highest BCUT2D eigenvalue weighted by molar-refractivity contribution is 6.32. The third-order valence-corrected chi connectivity index (χ3v) is 1.95. The molecule has 0 spiro atoms. The molecule has 0 N–H and O–H groups in total. The van der Waals surface area contributed by atoms with Crippen LogP contribution in [0, 0.1) is 0 Å². The third kappa shape index (κ3) is 4.68. The number of aromatic nitrogens is 1. The smallest absolute Gasteiger partial charge is 0.367 e. The van der Waals surface area contributed by atoms with Gasteiger partial charge in [0.05, 0.1) is 6.61 Å². The Bertz CT molecular complexity index is 343. The van der Waals surface area contributed by atoms with Crippen molar-refractivity contribution in [2.45, 2.75) is 12.8 Å². The highest BCUT2D eigenvalue weighted by atomic mass is 35.5. The summed E-state index contributed by atoms with van der Waals surface area (Å²) in [6.45, 7) is -1.56. The SMILES string of the molecule is FC(F)(F)COCc1ccc(Cl)nc1Cl. The van der Waals surface area contributed by atoms with Gasteiger partial charge in [-0.3, -0.25) is 0 Å². The van der Waals surface area contributed by atoms with Gasteiger partial charge < -0.3 is 4.74 Å². The van der Waals surface area contributed by atoms with E-state index in [1.165, 1.54) is 12.1 Å². The maximum absolute atomic E-state index is 11.7. The molecule has 0 aliphatic heterocycles. The normalized spacial score (nSPS) is 11.8. The Labute approximate surface area is 94.0 Å². The van der Waals surface area contributed by atoms with Gasteiger partial charge in [-0.05, 0) is 6.07 Å². The largest absolute Gasteiger partial charge is 0.411 e. The summed E-state index contributed by atoms with van der Waals surface area (Å²) in [5, 5.41) is 0.226. The van der Waals surface area contributed by atoms with Crippen molar-refractivity contribution in [1.82, 2.24) is 4.98 Å². The number of nitrogens with zero attached hydrogens (tertiary/aromatic N) is 1. The van der Waals surface area contributed by atoms with Gasteiger partial charge >= 0.3 is 6.18 Å². The summed E-state index contributed by atoms with van der Waals surface area (Å²) in [5.41, 5.74) is 0.366. The van der Waals surface area contributed by atoms with Gasteiger partial charge in [0.1, 0.15) is 16.9 Å². The molecular formula is C8H6Cl2F3NO. The molecule has 84 valence electrons. The second-order valence-corrected chi connectivity index (χ2v) is 3.44. The fraction of sp³-hybridized carbons (Fsp3) is 0.375. The molecule has 0 bridgehead atoms. The van der Waals surface area contributed by atoms with Gasteiger partial charge in [-0.2, -0.15) is 13.2 Å². The number of pyridine rings is 1. The fourth-order valence-electron chi connectivity index (χ4n) is 0.825. The summed E-state index contributed by atoms with van der Waals surface area (Å²) in [5.74, 6) is 0. The molecule has 0 atom stereocenters. The molecule has 0 amide bonds. The fourth-order valence-corrected chi connectivity index (χ4v) is 1.22. The standard InChI is InChI=1S/C8H6Cl2F3NO/c9-6-2-1-5(7(10)14-6)3-15-4-8(11,12)13/h1-2H,3-4H2. The highest BCUT2D eigenvalue weighted by Crippen LogP contribution is 2.19. The van der Waals surface area contributed by atoms with E-state index in [9.17, 15) is 13.2 Å². The average Bonchev–Trinajstić information content (AvgIpc) is 2.07. The minimum atomic E-state index is -4.34. The first-order valence-electron chi connectivity index (χ1n) is 3.84. The number of hydrogen-bond acceptors (Lipinski definition) is 2. The van der Waals surface area contributed by atoms with E-state index in [0.717, 1.165) is 0 Å². The Balaban J connectivity index is 2.51. The van der Waals surface area contributed by atoms with Crippen molar-refractivity contribution in [3.05, 3.63) is 28.0 Å². The highest BCUT2D eigenvalue weighted by Gasteiger charge is 2.27. The molecule has 0 aliphatic carbocycles. The van der Waals surface area contributed by atoms with Crippen molar-refractivity contribution in [3.8, 4) is 0 Å². The molecule has 0 radical (unpaired) electrons. The summed E-state index contributed by atoms with van der Waals surface area (Å²) in [7, 11) is 0. The predicted molar refractivity (Wildman–Crippen MR) is 50.0 cm³/mol. The first-order chi connectivity index (χ1) is 6.88. The molecule has 0 fully saturated rings. The molecule has 0 unspecified atom stereocenters. The van der Waals surface area contributed by atoms with Crippen LogP contribution in [0.25, 0.3) is 0 Å². The molecule has 2 nitrogen and oxygen atoms in total. The quantitative estimate of drug-likeness (QED) is 0.776. The second kappa shape index (κ2) is 5.01. The molecule has 1 rings (SSSR count). The van der Waals surface area contributed by atoms with Crippen molar-refractivity contribution < 1.29 is 17.9 Å². The average molecular weight is 260 g/mol. The first kappa shape index (κ1) is 12.5. The topological polar surface area (TPSA) is 22.1 Å². The molecule has 1 heterocycles. The lowest BCUT2D eigenvalue weighted by Crippen LogP contribution is -2.16. The maximum Gasteiger partial charge on any atom is 0.411 e. The van der Waals surface area contributed by atoms with Crippen LogP contribution < -0.4 is 0 Å². The Morgan fingerprint density at radius 2 is 1.93 bits per heavy atom. The second-order valence-electron chi connectivity index (χ2n) is 2.69. The molecule has 1 aromatic rings. The Hall–Kier alpha value is -0.520. The van der Waals surface area contributed by atoms with E-state index in [-0.39, 0.29) is 16.9 Å². The van der Waals surface area contributed by atoms with E-state index in [4.69, 9.17) is 23.2 Å². The number of halogens is 5. The van der Waals surface area contributed by atoms with E-state index in [1.807, 2.05) is 0 Å². The Morgan fingerprint density at radius 3 is 2.47 bits per heavy atom. The monoisotopic (exact) mass is 259 g/mol. The van der Waals surface area contributed by atoms with Crippen molar-refractivity contribution in [1.29, 1.82) is 0 Å². The molecular weight excluding hydrogens is 254 g/mol.